The van der Waals surface area contributed by atoms with Crippen LogP contribution in [-0.4, -0.2) is 33.9 Å². The van der Waals surface area contributed by atoms with Crippen LogP contribution in [0.15, 0.2) is 30.3 Å². The van der Waals surface area contributed by atoms with Gasteiger partial charge in [-0.3, -0.25) is 19.7 Å². The Morgan fingerprint density at radius 1 is 1.12 bits per heavy atom. The number of benzene rings is 1. The highest BCUT2D eigenvalue weighted by Gasteiger charge is 2.32. The Hall–Kier alpha value is -3.49. The first-order valence-electron chi connectivity index (χ1n) is 6.99. The SMILES string of the molecule is NC(=O)c1ccc2cc(NC(=O)ON3C(=O)CCC3=O)ccc2n1. The molecule has 1 aliphatic rings. The second-order valence-electron chi connectivity index (χ2n) is 5.05. The lowest BCUT2D eigenvalue weighted by atomic mass is 10.2. The Morgan fingerprint density at radius 2 is 1.83 bits per heavy atom. The molecule has 4 amide bonds. The monoisotopic (exact) mass is 328 g/mol. The lowest BCUT2D eigenvalue weighted by Gasteiger charge is -2.13. The molecule has 3 N–H and O–H groups in total. The largest absolute Gasteiger partial charge is 0.436 e. The van der Waals surface area contributed by atoms with Gasteiger partial charge in [-0.2, -0.15) is 0 Å². The van der Waals surface area contributed by atoms with Crippen molar-refractivity contribution in [3.8, 4) is 0 Å². The van der Waals surface area contributed by atoms with E-state index in [0.29, 0.717) is 21.7 Å². The van der Waals surface area contributed by atoms with Crippen molar-refractivity contribution in [3.05, 3.63) is 36.0 Å². The first kappa shape index (κ1) is 15.4. The number of primary amides is 1. The van der Waals surface area contributed by atoms with E-state index in [1.165, 1.54) is 12.1 Å². The molecule has 0 radical (unpaired) electrons. The number of hydroxylamine groups is 2. The summed E-state index contributed by atoms with van der Waals surface area (Å²) in [4.78, 5) is 54.5. The predicted molar refractivity (Wildman–Crippen MR) is 81.5 cm³/mol. The van der Waals surface area contributed by atoms with E-state index in [-0.39, 0.29) is 18.5 Å². The summed E-state index contributed by atoms with van der Waals surface area (Å²) in [6.45, 7) is 0. The number of hydrogen-bond donors (Lipinski definition) is 2. The molecule has 0 spiro atoms. The van der Waals surface area contributed by atoms with Gasteiger partial charge in [0.15, 0.2) is 0 Å². The number of pyridine rings is 1. The van der Waals surface area contributed by atoms with E-state index >= 15 is 0 Å². The number of nitrogens with zero attached hydrogens (tertiary/aromatic N) is 2. The van der Waals surface area contributed by atoms with Gasteiger partial charge in [0.2, 0.25) is 0 Å². The second kappa shape index (κ2) is 5.95. The highest BCUT2D eigenvalue weighted by atomic mass is 16.7. The average molecular weight is 328 g/mol. The van der Waals surface area contributed by atoms with Crippen LogP contribution in [0.5, 0.6) is 0 Å². The van der Waals surface area contributed by atoms with E-state index in [0.717, 1.165) is 0 Å². The first-order chi connectivity index (χ1) is 11.4. The molecule has 0 atom stereocenters. The van der Waals surface area contributed by atoms with E-state index in [1.54, 1.807) is 18.2 Å². The summed E-state index contributed by atoms with van der Waals surface area (Å²) in [5.41, 5.74) is 6.20. The standard InChI is InChI=1S/C15H12N4O5/c16-14(22)11-3-1-8-7-9(2-4-10(8)18-11)17-15(23)24-19-12(20)5-6-13(19)21/h1-4,7H,5-6H2,(H2,16,22)(H,17,23). The summed E-state index contributed by atoms with van der Waals surface area (Å²) in [6.07, 6.45) is -0.911. The number of aromatic nitrogens is 1. The topological polar surface area (TPSA) is 132 Å². The summed E-state index contributed by atoms with van der Waals surface area (Å²) in [6, 6.07) is 7.82. The molecule has 0 aliphatic carbocycles. The Kier molecular flexibility index (Phi) is 3.82. The van der Waals surface area contributed by atoms with Crippen molar-refractivity contribution < 1.29 is 24.0 Å². The minimum Gasteiger partial charge on any atom is -0.364 e. The number of nitrogens with two attached hydrogens (primary N) is 1. The van der Waals surface area contributed by atoms with Crippen LogP contribution in [0.3, 0.4) is 0 Å². The molecule has 9 nitrogen and oxygen atoms in total. The van der Waals surface area contributed by atoms with Crippen molar-refractivity contribution in [2.24, 2.45) is 5.73 Å². The highest BCUT2D eigenvalue weighted by Crippen LogP contribution is 2.19. The molecule has 1 aromatic carbocycles. The number of fused-ring (bicyclic) bond motifs is 1. The maximum absolute atomic E-state index is 11.8. The third-order valence-electron chi connectivity index (χ3n) is 3.37. The molecule has 1 aromatic heterocycles. The highest BCUT2D eigenvalue weighted by molar-refractivity contribution is 6.02. The van der Waals surface area contributed by atoms with E-state index in [9.17, 15) is 19.2 Å². The first-order valence-corrected chi connectivity index (χ1v) is 6.99. The van der Waals surface area contributed by atoms with Gasteiger partial charge in [0.25, 0.3) is 17.7 Å². The van der Waals surface area contributed by atoms with E-state index in [1.807, 2.05) is 0 Å². The molecular formula is C15H12N4O5. The molecule has 1 fully saturated rings. The molecule has 1 aliphatic heterocycles. The number of anilines is 1. The summed E-state index contributed by atoms with van der Waals surface area (Å²) in [7, 11) is 0. The fourth-order valence-electron chi connectivity index (χ4n) is 2.22. The lowest BCUT2D eigenvalue weighted by Crippen LogP contribution is -2.33. The normalized spacial score (nSPS) is 14.1. The van der Waals surface area contributed by atoms with Crippen molar-refractivity contribution in [2.45, 2.75) is 12.8 Å². The van der Waals surface area contributed by atoms with Crippen molar-refractivity contribution >= 4 is 40.4 Å². The van der Waals surface area contributed by atoms with Gasteiger partial charge in [-0.1, -0.05) is 6.07 Å². The molecule has 0 saturated carbocycles. The molecule has 1 saturated heterocycles. The van der Waals surface area contributed by atoms with E-state index in [4.69, 9.17) is 10.6 Å². The third-order valence-corrected chi connectivity index (χ3v) is 3.37. The fourth-order valence-corrected chi connectivity index (χ4v) is 2.22. The number of imide groups is 1. The number of nitrogens with one attached hydrogen (secondary N) is 1. The second-order valence-corrected chi connectivity index (χ2v) is 5.05. The summed E-state index contributed by atoms with van der Waals surface area (Å²) >= 11 is 0. The summed E-state index contributed by atoms with van der Waals surface area (Å²) < 4.78 is 0. The van der Waals surface area contributed by atoms with Crippen molar-refractivity contribution in [3.63, 3.8) is 0 Å². The number of carbonyl (C=O) groups excluding carboxylic acids is 4. The van der Waals surface area contributed by atoms with Gasteiger partial charge in [-0.05, 0) is 24.3 Å². The van der Waals surface area contributed by atoms with Crippen molar-refractivity contribution in [1.29, 1.82) is 0 Å². The minimum atomic E-state index is -0.959. The van der Waals surface area contributed by atoms with Gasteiger partial charge in [-0.25, -0.2) is 9.78 Å². The van der Waals surface area contributed by atoms with Gasteiger partial charge in [0, 0.05) is 23.9 Å². The Labute approximate surface area is 135 Å². The molecular weight excluding hydrogens is 316 g/mol. The molecule has 2 heterocycles. The van der Waals surface area contributed by atoms with Crippen molar-refractivity contribution in [1.82, 2.24) is 10.0 Å². The predicted octanol–water partition coefficient (Wildman–Crippen LogP) is 0.946. The third kappa shape index (κ3) is 3.00. The van der Waals surface area contributed by atoms with Crippen LogP contribution in [0.2, 0.25) is 0 Å². The van der Waals surface area contributed by atoms with Crippen LogP contribution in [0.25, 0.3) is 10.9 Å². The van der Waals surface area contributed by atoms with Gasteiger partial charge < -0.3 is 10.6 Å². The number of hydrogen-bond acceptors (Lipinski definition) is 6. The van der Waals surface area contributed by atoms with Gasteiger partial charge in [0.05, 0.1) is 5.52 Å². The quantitative estimate of drug-likeness (QED) is 0.806. The molecule has 3 rings (SSSR count). The van der Waals surface area contributed by atoms with Crippen molar-refractivity contribution in [2.75, 3.05) is 5.32 Å². The Balaban J connectivity index is 1.74. The van der Waals surface area contributed by atoms with E-state index < -0.39 is 23.8 Å². The zero-order valence-corrected chi connectivity index (χ0v) is 12.3. The Morgan fingerprint density at radius 3 is 2.50 bits per heavy atom. The molecule has 24 heavy (non-hydrogen) atoms. The smallest absolute Gasteiger partial charge is 0.364 e. The van der Waals surface area contributed by atoms with Gasteiger partial charge in [0.1, 0.15) is 5.69 Å². The number of rotatable bonds is 3. The summed E-state index contributed by atoms with van der Waals surface area (Å²) in [5.74, 6) is -1.75. The van der Waals surface area contributed by atoms with Gasteiger partial charge >= 0.3 is 6.09 Å². The molecule has 9 heteroatoms. The number of amides is 4. The summed E-state index contributed by atoms with van der Waals surface area (Å²) in [5, 5.41) is 3.53. The Bertz CT molecular complexity index is 863. The molecule has 0 unspecified atom stereocenters. The van der Waals surface area contributed by atoms with E-state index in [2.05, 4.69) is 10.3 Å². The minimum absolute atomic E-state index is 0.0238. The molecule has 2 aromatic rings. The van der Waals surface area contributed by atoms with Crippen LogP contribution in [0.4, 0.5) is 10.5 Å². The van der Waals surface area contributed by atoms with Crippen LogP contribution < -0.4 is 11.1 Å². The zero-order chi connectivity index (χ0) is 17.3. The lowest BCUT2D eigenvalue weighted by molar-refractivity contribution is -0.170. The fraction of sp³-hybridized carbons (Fsp3) is 0.133. The zero-order valence-electron chi connectivity index (χ0n) is 12.3. The van der Waals surface area contributed by atoms with Crippen LogP contribution >= 0.6 is 0 Å². The average Bonchev–Trinajstić information content (AvgIpc) is 2.86. The number of carbonyl (C=O) groups is 4. The van der Waals surface area contributed by atoms with Crippen LogP contribution in [0.1, 0.15) is 23.3 Å². The maximum Gasteiger partial charge on any atom is 0.436 e. The maximum atomic E-state index is 11.8. The molecule has 0 bridgehead atoms. The molecule has 122 valence electrons. The van der Waals surface area contributed by atoms with Gasteiger partial charge in [-0.15, -0.1) is 5.06 Å². The van der Waals surface area contributed by atoms with Crippen LogP contribution in [0, 0.1) is 0 Å². The van der Waals surface area contributed by atoms with Crippen LogP contribution in [-0.2, 0) is 14.4 Å².